The Labute approximate surface area is 205 Å². The van der Waals surface area contributed by atoms with Crippen molar-refractivity contribution in [1.82, 2.24) is 19.9 Å². The second-order valence-corrected chi connectivity index (χ2v) is 10.4. The molecule has 3 aromatic rings. The van der Waals surface area contributed by atoms with Gasteiger partial charge in [0, 0.05) is 54.9 Å². The standard InChI is InChI=1S/C24H32N6O4S/c1-17(2)29-35(32,33)20-6-7-22-21(15-20)23(16-26-22)28-27-19-5-3-4-18(14-19)24(31)25-8-9-30-10-12-34-13-11-30/h3-7,14-17,26-29H,8-13H2,1-2H3,(H,25,31). The van der Waals surface area contributed by atoms with E-state index in [-0.39, 0.29) is 16.8 Å². The number of hydrogen-bond acceptors (Lipinski definition) is 7. The molecule has 1 aliphatic rings. The summed E-state index contributed by atoms with van der Waals surface area (Å²) in [5.74, 6) is -0.137. The van der Waals surface area contributed by atoms with Gasteiger partial charge in [-0.05, 0) is 50.2 Å². The lowest BCUT2D eigenvalue weighted by atomic mass is 10.2. The van der Waals surface area contributed by atoms with Gasteiger partial charge in [0.25, 0.3) is 5.91 Å². The number of carbonyl (C=O) groups is 1. The number of rotatable bonds is 10. The van der Waals surface area contributed by atoms with Crippen LogP contribution < -0.4 is 20.9 Å². The van der Waals surface area contributed by atoms with Crippen molar-refractivity contribution in [3.05, 3.63) is 54.2 Å². The lowest BCUT2D eigenvalue weighted by molar-refractivity contribution is 0.0383. The van der Waals surface area contributed by atoms with Crippen molar-refractivity contribution >= 4 is 38.2 Å². The predicted molar refractivity (Wildman–Crippen MR) is 137 cm³/mol. The van der Waals surface area contributed by atoms with E-state index in [1.165, 1.54) is 0 Å². The van der Waals surface area contributed by atoms with Gasteiger partial charge in [0.1, 0.15) is 0 Å². The van der Waals surface area contributed by atoms with Crippen LogP contribution in [0, 0.1) is 0 Å². The van der Waals surface area contributed by atoms with E-state index < -0.39 is 10.0 Å². The molecule has 1 saturated heterocycles. The Morgan fingerprint density at radius 3 is 2.69 bits per heavy atom. The maximum Gasteiger partial charge on any atom is 0.251 e. The van der Waals surface area contributed by atoms with Crippen LogP contribution in [-0.2, 0) is 14.8 Å². The number of anilines is 2. The minimum Gasteiger partial charge on any atom is -0.379 e. The molecule has 2 heterocycles. The molecule has 2 aromatic carbocycles. The van der Waals surface area contributed by atoms with Crippen LogP contribution in [0.4, 0.5) is 11.4 Å². The van der Waals surface area contributed by atoms with Crippen LogP contribution in [0.2, 0.25) is 0 Å². The fraction of sp³-hybridized carbons (Fsp3) is 0.375. The summed E-state index contributed by atoms with van der Waals surface area (Å²) in [5.41, 5.74) is 8.93. The Hall–Kier alpha value is -3.12. The van der Waals surface area contributed by atoms with E-state index >= 15 is 0 Å². The lowest BCUT2D eigenvalue weighted by Gasteiger charge is -2.26. The number of nitrogens with one attached hydrogen (secondary N) is 5. The molecule has 0 atom stereocenters. The molecule has 188 valence electrons. The highest BCUT2D eigenvalue weighted by Crippen LogP contribution is 2.26. The normalized spacial score (nSPS) is 14.8. The van der Waals surface area contributed by atoms with Gasteiger partial charge in [0.05, 0.1) is 29.5 Å². The molecule has 0 saturated carbocycles. The van der Waals surface area contributed by atoms with Crippen LogP contribution in [0.25, 0.3) is 10.9 Å². The number of benzene rings is 2. The third-order valence-electron chi connectivity index (χ3n) is 5.64. The first kappa shape index (κ1) is 25.0. The van der Waals surface area contributed by atoms with Crippen LogP contribution in [-0.4, -0.2) is 69.6 Å². The quantitative estimate of drug-likeness (QED) is 0.270. The van der Waals surface area contributed by atoms with Gasteiger partial charge >= 0.3 is 0 Å². The molecule has 35 heavy (non-hydrogen) atoms. The number of hydrazine groups is 1. The predicted octanol–water partition coefficient (Wildman–Crippen LogP) is 2.36. The number of carbonyl (C=O) groups excluding carboxylic acids is 1. The monoisotopic (exact) mass is 500 g/mol. The third kappa shape index (κ3) is 6.51. The zero-order valence-corrected chi connectivity index (χ0v) is 20.7. The van der Waals surface area contributed by atoms with E-state index in [2.05, 4.69) is 30.8 Å². The van der Waals surface area contributed by atoms with Gasteiger partial charge in [0.15, 0.2) is 0 Å². The Bertz CT molecular complexity index is 1270. The van der Waals surface area contributed by atoms with E-state index in [1.54, 1.807) is 56.4 Å². The van der Waals surface area contributed by atoms with Gasteiger partial charge in [-0.1, -0.05) is 6.07 Å². The summed E-state index contributed by atoms with van der Waals surface area (Å²) < 4.78 is 33.1. The van der Waals surface area contributed by atoms with Crippen molar-refractivity contribution in [2.45, 2.75) is 24.8 Å². The number of morpholine rings is 1. The SMILES string of the molecule is CC(C)NS(=O)(=O)c1ccc2[nH]cc(NNc3cccc(C(=O)NCCN4CCOCC4)c3)c2c1. The zero-order valence-electron chi connectivity index (χ0n) is 19.9. The highest BCUT2D eigenvalue weighted by molar-refractivity contribution is 7.89. The van der Waals surface area contributed by atoms with Crippen molar-refractivity contribution in [3.63, 3.8) is 0 Å². The van der Waals surface area contributed by atoms with Gasteiger partial charge in [-0.2, -0.15) is 0 Å². The number of nitrogens with zero attached hydrogens (tertiary/aromatic N) is 1. The molecular formula is C24H32N6O4S. The van der Waals surface area contributed by atoms with Gasteiger partial charge < -0.3 is 20.5 Å². The number of fused-ring (bicyclic) bond motifs is 1. The molecule has 11 heteroatoms. The van der Waals surface area contributed by atoms with Crippen molar-refractivity contribution in [2.75, 3.05) is 50.2 Å². The largest absolute Gasteiger partial charge is 0.379 e. The topological polar surface area (TPSA) is 128 Å². The molecule has 0 bridgehead atoms. The third-order valence-corrected chi connectivity index (χ3v) is 7.29. The molecule has 10 nitrogen and oxygen atoms in total. The van der Waals surface area contributed by atoms with E-state index in [1.807, 2.05) is 6.07 Å². The number of H-pyrrole nitrogens is 1. The van der Waals surface area contributed by atoms with Crippen molar-refractivity contribution in [3.8, 4) is 0 Å². The number of sulfonamides is 1. The maximum atomic E-state index is 12.6. The van der Waals surface area contributed by atoms with Crippen LogP contribution in [0.15, 0.2) is 53.6 Å². The molecule has 1 amide bonds. The minimum absolute atomic E-state index is 0.137. The molecule has 0 radical (unpaired) electrons. The second kappa shape index (κ2) is 11.1. The van der Waals surface area contributed by atoms with Crippen molar-refractivity contribution < 1.29 is 17.9 Å². The van der Waals surface area contributed by atoms with Crippen LogP contribution >= 0.6 is 0 Å². The van der Waals surface area contributed by atoms with E-state index in [4.69, 9.17) is 4.74 Å². The number of aromatic nitrogens is 1. The smallest absolute Gasteiger partial charge is 0.251 e. The van der Waals surface area contributed by atoms with Crippen molar-refractivity contribution in [1.29, 1.82) is 0 Å². The summed E-state index contributed by atoms with van der Waals surface area (Å²) in [5, 5.41) is 3.69. The second-order valence-electron chi connectivity index (χ2n) is 8.73. The van der Waals surface area contributed by atoms with Crippen LogP contribution in [0.3, 0.4) is 0 Å². The Morgan fingerprint density at radius 2 is 1.91 bits per heavy atom. The fourth-order valence-electron chi connectivity index (χ4n) is 3.88. The Morgan fingerprint density at radius 1 is 1.11 bits per heavy atom. The van der Waals surface area contributed by atoms with Gasteiger partial charge in [-0.25, -0.2) is 13.1 Å². The first-order valence-corrected chi connectivity index (χ1v) is 13.1. The first-order chi connectivity index (χ1) is 16.8. The van der Waals surface area contributed by atoms with Gasteiger partial charge in [-0.3, -0.25) is 15.1 Å². The molecular weight excluding hydrogens is 468 g/mol. The molecule has 0 aliphatic carbocycles. The Kier molecular flexibility index (Phi) is 7.91. The van der Waals surface area contributed by atoms with Gasteiger partial charge in [0.2, 0.25) is 10.0 Å². The van der Waals surface area contributed by atoms with E-state index in [0.29, 0.717) is 23.5 Å². The molecule has 0 spiro atoms. The maximum absolute atomic E-state index is 12.6. The molecule has 5 N–H and O–H groups in total. The highest BCUT2D eigenvalue weighted by Gasteiger charge is 2.17. The number of hydrogen-bond donors (Lipinski definition) is 5. The zero-order chi connectivity index (χ0) is 24.8. The summed E-state index contributed by atoms with van der Waals surface area (Å²) in [4.78, 5) is 18.2. The van der Waals surface area contributed by atoms with Crippen LogP contribution in [0.1, 0.15) is 24.2 Å². The average molecular weight is 501 g/mol. The average Bonchev–Trinajstić information content (AvgIpc) is 3.25. The number of ether oxygens (including phenoxy) is 1. The summed E-state index contributed by atoms with van der Waals surface area (Å²) in [6.45, 7) is 8.16. The molecule has 1 aromatic heterocycles. The number of amides is 1. The lowest BCUT2D eigenvalue weighted by Crippen LogP contribution is -2.41. The fourth-order valence-corrected chi connectivity index (χ4v) is 5.16. The van der Waals surface area contributed by atoms with E-state index in [9.17, 15) is 13.2 Å². The van der Waals surface area contributed by atoms with Gasteiger partial charge in [-0.15, -0.1) is 0 Å². The molecule has 1 aliphatic heterocycles. The summed E-state index contributed by atoms with van der Waals surface area (Å²) in [6.07, 6.45) is 1.76. The summed E-state index contributed by atoms with van der Waals surface area (Å²) in [7, 11) is -3.61. The van der Waals surface area contributed by atoms with Crippen molar-refractivity contribution in [2.24, 2.45) is 0 Å². The van der Waals surface area contributed by atoms with Crippen LogP contribution in [0.5, 0.6) is 0 Å². The molecule has 0 unspecified atom stereocenters. The van der Waals surface area contributed by atoms with E-state index in [0.717, 1.165) is 43.8 Å². The molecule has 4 rings (SSSR count). The Balaban J connectivity index is 1.38. The number of aromatic amines is 1. The minimum atomic E-state index is -3.61. The summed E-state index contributed by atoms with van der Waals surface area (Å²) in [6, 6.07) is 11.9. The first-order valence-electron chi connectivity index (χ1n) is 11.7. The summed E-state index contributed by atoms with van der Waals surface area (Å²) >= 11 is 0. The highest BCUT2D eigenvalue weighted by atomic mass is 32.2. The molecule has 1 fully saturated rings.